The molecule has 1 aromatic rings. The van der Waals surface area contributed by atoms with Crippen LogP contribution in [0.2, 0.25) is 0 Å². The van der Waals surface area contributed by atoms with Crippen LogP contribution in [-0.2, 0) is 20.9 Å². The average molecular weight is 356 g/mol. The highest BCUT2D eigenvalue weighted by molar-refractivity contribution is 6.67. The normalized spacial score (nSPS) is 14.8. The molecule has 1 aliphatic carbocycles. The number of hydrogen-bond donors (Lipinski definition) is 0. The third-order valence-electron chi connectivity index (χ3n) is 3.75. The molecule has 0 aromatic heterocycles. The van der Waals surface area contributed by atoms with Gasteiger partial charge in [-0.3, -0.25) is 4.79 Å². The second-order valence-corrected chi connectivity index (χ2v) is 6.71. The lowest BCUT2D eigenvalue weighted by Gasteiger charge is -2.31. The first-order valence-corrected chi connectivity index (χ1v) is 8.23. The summed E-state index contributed by atoms with van der Waals surface area (Å²) in [5.74, 6) is -1.65. The van der Waals surface area contributed by atoms with E-state index in [1.165, 1.54) is 4.90 Å². The molecule has 0 spiro atoms. The van der Waals surface area contributed by atoms with Gasteiger partial charge in [0, 0.05) is 5.70 Å². The number of benzene rings is 1. The van der Waals surface area contributed by atoms with Crippen LogP contribution in [0.25, 0.3) is 0 Å². The number of esters is 1. The zero-order chi connectivity index (χ0) is 16.9. The number of carbonyl (C=O) groups is 2. The highest BCUT2D eigenvalue weighted by atomic mass is 35.5. The molecule has 4 nitrogen and oxygen atoms in total. The van der Waals surface area contributed by atoms with Gasteiger partial charge >= 0.3 is 5.97 Å². The minimum absolute atomic E-state index is 0.309. The molecule has 0 heterocycles. The van der Waals surface area contributed by atoms with Crippen molar-refractivity contribution in [3.8, 4) is 0 Å². The molecule has 6 heteroatoms. The van der Waals surface area contributed by atoms with Gasteiger partial charge in [-0.25, -0.2) is 4.79 Å². The van der Waals surface area contributed by atoms with Crippen LogP contribution in [0.5, 0.6) is 0 Å². The maximum atomic E-state index is 12.8. The lowest BCUT2D eigenvalue weighted by atomic mass is 10.0. The van der Waals surface area contributed by atoms with Crippen molar-refractivity contribution < 1.29 is 14.3 Å². The first-order valence-electron chi connectivity index (χ1n) is 7.48. The van der Waals surface area contributed by atoms with Gasteiger partial charge in [0.2, 0.25) is 0 Å². The second-order valence-electron chi connectivity index (χ2n) is 5.38. The Balaban J connectivity index is 2.31. The number of carbonyl (C=O) groups excluding carboxylic acids is 2. The number of hydrogen-bond acceptors (Lipinski definition) is 3. The fourth-order valence-electron chi connectivity index (χ4n) is 2.52. The number of nitrogens with zero attached hydrogens (tertiary/aromatic N) is 1. The summed E-state index contributed by atoms with van der Waals surface area (Å²) < 4.78 is 2.31. The van der Waals surface area contributed by atoms with Crippen LogP contribution in [0.1, 0.15) is 31.2 Å². The summed E-state index contributed by atoms with van der Waals surface area (Å²) in [6, 6.07) is 9.50. The number of amides is 1. The van der Waals surface area contributed by atoms with Crippen LogP contribution < -0.4 is 0 Å². The number of methoxy groups -OCH3 is 1. The lowest BCUT2D eigenvalue weighted by Crippen LogP contribution is -2.46. The van der Waals surface area contributed by atoms with Crippen molar-refractivity contribution >= 4 is 35.1 Å². The number of halogens is 2. The van der Waals surface area contributed by atoms with E-state index in [1.54, 1.807) is 0 Å². The summed E-state index contributed by atoms with van der Waals surface area (Å²) in [4.78, 5) is 26.0. The van der Waals surface area contributed by atoms with E-state index in [-0.39, 0.29) is 0 Å². The first kappa shape index (κ1) is 17.8. The summed E-state index contributed by atoms with van der Waals surface area (Å²) in [6.07, 6.45) is 5.72. The molecule has 0 N–H and O–H groups in total. The number of ether oxygens (including phenoxy) is 1. The van der Waals surface area contributed by atoms with Crippen LogP contribution in [0.3, 0.4) is 0 Å². The van der Waals surface area contributed by atoms with Crippen molar-refractivity contribution in [1.29, 1.82) is 0 Å². The summed E-state index contributed by atoms with van der Waals surface area (Å²) in [5, 5.41) is 0. The summed E-state index contributed by atoms with van der Waals surface area (Å²) in [7, 11) is 1.15. The number of allylic oxidation sites excluding steroid dienone is 2. The van der Waals surface area contributed by atoms with E-state index in [2.05, 4.69) is 4.74 Å². The Labute approximate surface area is 146 Å². The molecule has 124 valence electrons. The Kier molecular flexibility index (Phi) is 6.08. The topological polar surface area (TPSA) is 46.6 Å². The van der Waals surface area contributed by atoms with Gasteiger partial charge in [0.05, 0.1) is 13.7 Å². The molecule has 0 saturated carbocycles. The molecular formula is C17H19Cl2NO3. The van der Waals surface area contributed by atoms with Gasteiger partial charge in [0.25, 0.3) is 10.2 Å². The molecular weight excluding hydrogens is 337 g/mol. The molecule has 0 unspecified atom stereocenters. The smallest absolute Gasteiger partial charge is 0.352 e. The Hall–Kier alpha value is -1.52. The highest BCUT2D eigenvalue weighted by Gasteiger charge is 2.47. The highest BCUT2D eigenvalue weighted by Crippen LogP contribution is 2.31. The van der Waals surface area contributed by atoms with Gasteiger partial charge in [-0.2, -0.15) is 0 Å². The molecule has 23 heavy (non-hydrogen) atoms. The van der Waals surface area contributed by atoms with Crippen molar-refractivity contribution in [3.05, 3.63) is 47.7 Å². The second kappa shape index (κ2) is 7.84. The van der Waals surface area contributed by atoms with Crippen molar-refractivity contribution in [3.63, 3.8) is 0 Å². The predicted octanol–water partition coefficient (Wildman–Crippen LogP) is 3.82. The minimum atomic E-state index is -2.25. The van der Waals surface area contributed by atoms with E-state index < -0.39 is 16.2 Å². The van der Waals surface area contributed by atoms with Crippen LogP contribution in [0.15, 0.2) is 42.1 Å². The number of alkyl halides is 2. The van der Waals surface area contributed by atoms with E-state index in [9.17, 15) is 9.59 Å². The largest absolute Gasteiger partial charge is 0.466 e. The SMILES string of the molecule is COC(=O)C(Cl)(Cl)C(=O)N(Cc1ccccc1)C1=CCCCC1. The minimum Gasteiger partial charge on any atom is -0.466 e. The molecule has 1 aliphatic rings. The molecule has 0 bridgehead atoms. The quantitative estimate of drug-likeness (QED) is 0.458. The average Bonchev–Trinajstić information content (AvgIpc) is 2.59. The fourth-order valence-corrected chi connectivity index (χ4v) is 2.88. The molecule has 0 saturated heterocycles. The fraction of sp³-hybridized carbons (Fsp3) is 0.412. The van der Waals surface area contributed by atoms with Gasteiger partial charge < -0.3 is 9.64 Å². The van der Waals surface area contributed by atoms with Crippen molar-refractivity contribution in [2.75, 3.05) is 7.11 Å². The number of rotatable bonds is 5. The standard InChI is InChI=1S/C17H19Cl2NO3/c1-23-16(22)17(18,19)15(21)20(14-10-6-3-7-11-14)12-13-8-4-2-5-9-13/h2,4-5,8-10H,3,6-7,11-12H2,1H3. The molecule has 0 aliphatic heterocycles. The Morgan fingerprint density at radius 2 is 1.91 bits per heavy atom. The van der Waals surface area contributed by atoms with Crippen molar-refractivity contribution in [1.82, 2.24) is 4.90 Å². The summed E-state index contributed by atoms with van der Waals surface area (Å²) >= 11 is 12.0. The third-order valence-corrected chi connectivity index (χ3v) is 4.38. The maximum absolute atomic E-state index is 12.8. The zero-order valence-corrected chi connectivity index (χ0v) is 14.4. The van der Waals surface area contributed by atoms with Crippen LogP contribution in [0.4, 0.5) is 0 Å². The Bertz CT molecular complexity index is 599. The van der Waals surface area contributed by atoms with E-state index in [0.29, 0.717) is 6.54 Å². The zero-order valence-electron chi connectivity index (χ0n) is 12.9. The van der Waals surface area contributed by atoms with E-state index in [4.69, 9.17) is 23.2 Å². The molecule has 0 atom stereocenters. The predicted molar refractivity (Wildman–Crippen MR) is 90.0 cm³/mol. The van der Waals surface area contributed by atoms with Crippen molar-refractivity contribution in [2.24, 2.45) is 0 Å². The molecule has 2 rings (SSSR count). The van der Waals surface area contributed by atoms with Gasteiger partial charge in [-0.15, -0.1) is 0 Å². The van der Waals surface area contributed by atoms with Crippen LogP contribution in [-0.4, -0.2) is 28.2 Å². The van der Waals surface area contributed by atoms with Gasteiger partial charge in [-0.05, 0) is 31.2 Å². The van der Waals surface area contributed by atoms with Crippen LogP contribution >= 0.6 is 23.2 Å². The van der Waals surface area contributed by atoms with Gasteiger partial charge in [0.15, 0.2) is 0 Å². The summed E-state index contributed by atoms with van der Waals surface area (Å²) in [6.45, 7) is 0.309. The maximum Gasteiger partial charge on any atom is 0.352 e. The van der Waals surface area contributed by atoms with Crippen molar-refractivity contribution in [2.45, 2.75) is 36.6 Å². The monoisotopic (exact) mass is 355 g/mol. The van der Waals surface area contributed by atoms with Gasteiger partial charge in [-0.1, -0.05) is 59.6 Å². The van der Waals surface area contributed by atoms with Crippen LogP contribution in [0, 0.1) is 0 Å². The summed E-state index contributed by atoms with van der Waals surface area (Å²) in [5.41, 5.74) is 1.78. The van der Waals surface area contributed by atoms with E-state index in [1.807, 2.05) is 36.4 Å². The molecule has 0 radical (unpaired) electrons. The Morgan fingerprint density at radius 3 is 2.48 bits per heavy atom. The molecule has 1 amide bonds. The molecule has 0 fully saturated rings. The van der Waals surface area contributed by atoms with E-state index in [0.717, 1.165) is 44.1 Å². The van der Waals surface area contributed by atoms with E-state index >= 15 is 0 Å². The molecule has 1 aromatic carbocycles. The van der Waals surface area contributed by atoms with Gasteiger partial charge in [0.1, 0.15) is 0 Å². The lowest BCUT2D eigenvalue weighted by molar-refractivity contribution is -0.147. The third kappa shape index (κ3) is 4.27. The Morgan fingerprint density at radius 1 is 1.22 bits per heavy atom. The first-order chi connectivity index (χ1) is 11.0.